The summed E-state index contributed by atoms with van der Waals surface area (Å²) in [4.78, 5) is 0. The molecular formula is C10H15FN2. The standard InChI is InChI=1S/C10H15FN2/c11-10-3-1-8(2-4-10)5-9(6-12)7-13/h1-4,9H,5-7,12-13H2. The van der Waals surface area contributed by atoms with E-state index in [0.717, 1.165) is 12.0 Å². The second kappa shape index (κ2) is 4.94. The molecule has 0 saturated heterocycles. The molecular weight excluding hydrogens is 167 g/mol. The minimum Gasteiger partial charge on any atom is -0.330 e. The number of hydrogen-bond acceptors (Lipinski definition) is 2. The summed E-state index contributed by atoms with van der Waals surface area (Å²) in [5.41, 5.74) is 12.1. The molecule has 0 aliphatic carbocycles. The first-order valence-electron chi connectivity index (χ1n) is 4.41. The van der Waals surface area contributed by atoms with E-state index in [2.05, 4.69) is 0 Å². The summed E-state index contributed by atoms with van der Waals surface area (Å²) in [5, 5.41) is 0. The summed E-state index contributed by atoms with van der Waals surface area (Å²) < 4.78 is 12.5. The van der Waals surface area contributed by atoms with Crippen LogP contribution in [0, 0.1) is 11.7 Å². The summed E-state index contributed by atoms with van der Waals surface area (Å²) >= 11 is 0. The minimum atomic E-state index is -0.208. The molecule has 2 nitrogen and oxygen atoms in total. The van der Waals surface area contributed by atoms with Crippen LogP contribution in [-0.2, 0) is 6.42 Å². The maximum Gasteiger partial charge on any atom is 0.123 e. The van der Waals surface area contributed by atoms with Crippen LogP contribution in [0.25, 0.3) is 0 Å². The minimum absolute atomic E-state index is 0.208. The lowest BCUT2D eigenvalue weighted by Gasteiger charge is -2.11. The molecule has 0 atom stereocenters. The molecule has 0 aliphatic rings. The van der Waals surface area contributed by atoms with Crippen molar-refractivity contribution in [3.63, 3.8) is 0 Å². The normalized spacial score (nSPS) is 10.8. The molecule has 13 heavy (non-hydrogen) atoms. The van der Waals surface area contributed by atoms with Crippen LogP contribution in [0.4, 0.5) is 4.39 Å². The Morgan fingerprint density at radius 1 is 1.08 bits per heavy atom. The predicted molar refractivity (Wildman–Crippen MR) is 51.7 cm³/mol. The molecule has 0 fully saturated rings. The Bertz CT molecular complexity index is 242. The quantitative estimate of drug-likeness (QED) is 0.727. The van der Waals surface area contributed by atoms with Crippen molar-refractivity contribution in [3.05, 3.63) is 35.6 Å². The first kappa shape index (κ1) is 10.2. The van der Waals surface area contributed by atoms with Crippen LogP contribution in [0.1, 0.15) is 5.56 Å². The van der Waals surface area contributed by atoms with Gasteiger partial charge >= 0.3 is 0 Å². The monoisotopic (exact) mass is 182 g/mol. The number of hydrogen-bond donors (Lipinski definition) is 2. The zero-order valence-corrected chi connectivity index (χ0v) is 7.54. The molecule has 0 aromatic heterocycles. The number of benzene rings is 1. The number of rotatable bonds is 4. The number of halogens is 1. The smallest absolute Gasteiger partial charge is 0.123 e. The van der Waals surface area contributed by atoms with E-state index in [-0.39, 0.29) is 5.82 Å². The van der Waals surface area contributed by atoms with Crippen LogP contribution in [0.5, 0.6) is 0 Å². The fourth-order valence-corrected chi connectivity index (χ4v) is 1.22. The highest BCUT2D eigenvalue weighted by molar-refractivity contribution is 5.16. The Balaban J connectivity index is 2.58. The van der Waals surface area contributed by atoms with Gasteiger partial charge in [0.1, 0.15) is 5.82 Å². The van der Waals surface area contributed by atoms with Crippen molar-refractivity contribution in [3.8, 4) is 0 Å². The van der Waals surface area contributed by atoms with Gasteiger partial charge in [0.15, 0.2) is 0 Å². The van der Waals surface area contributed by atoms with E-state index in [9.17, 15) is 4.39 Å². The second-order valence-corrected chi connectivity index (χ2v) is 3.17. The van der Waals surface area contributed by atoms with E-state index in [0.29, 0.717) is 19.0 Å². The highest BCUT2D eigenvalue weighted by Gasteiger charge is 2.04. The van der Waals surface area contributed by atoms with Gasteiger partial charge in [0.05, 0.1) is 0 Å². The van der Waals surface area contributed by atoms with Crippen molar-refractivity contribution < 1.29 is 4.39 Å². The summed E-state index contributed by atoms with van der Waals surface area (Å²) in [6.45, 7) is 1.15. The average molecular weight is 182 g/mol. The highest BCUT2D eigenvalue weighted by Crippen LogP contribution is 2.08. The molecule has 1 aromatic carbocycles. The highest BCUT2D eigenvalue weighted by atomic mass is 19.1. The van der Waals surface area contributed by atoms with Crippen molar-refractivity contribution in [2.24, 2.45) is 17.4 Å². The Morgan fingerprint density at radius 3 is 2.08 bits per heavy atom. The van der Waals surface area contributed by atoms with Gasteiger partial charge in [0.2, 0.25) is 0 Å². The maximum absolute atomic E-state index is 12.5. The van der Waals surface area contributed by atoms with Crippen molar-refractivity contribution in [1.29, 1.82) is 0 Å². The summed E-state index contributed by atoms with van der Waals surface area (Å²) in [6.07, 6.45) is 0.827. The third kappa shape index (κ3) is 3.13. The van der Waals surface area contributed by atoms with Gasteiger partial charge in [-0.2, -0.15) is 0 Å². The molecule has 0 spiro atoms. The van der Waals surface area contributed by atoms with Crippen molar-refractivity contribution in [2.45, 2.75) is 6.42 Å². The summed E-state index contributed by atoms with van der Waals surface area (Å²) in [6, 6.07) is 6.46. The van der Waals surface area contributed by atoms with Crippen LogP contribution in [0.3, 0.4) is 0 Å². The molecule has 3 heteroatoms. The molecule has 0 amide bonds. The molecule has 0 heterocycles. The van der Waals surface area contributed by atoms with Gasteiger partial charge in [-0.25, -0.2) is 4.39 Å². The summed E-state index contributed by atoms with van der Waals surface area (Å²) in [5.74, 6) is 0.0891. The molecule has 0 aliphatic heterocycles. The lowest BCUT2D eigenvalue weighted by Crippen LogP contribution is -2.25. The Morgan fingerprint density at radius 2 is 1.62 bits per heavy atom. The predicted octanol–water partition coefficient (Wildman–Crippen LogP) is 0.902. The maximum atomic E-state index is 12.5. The van der Waals surface area contributed by atoms with Gasteiger partial charge in [0, 0.05) is 0 Å². The van der Waals surface area contributed by atoms with Gasteiger partial charge < -0.3 is 11.5 Å². The van der Waals surface area contributed by atoms with Crippen LogP contribution in [0.15, 0.2) is 24.3 Å². The Labute approximate surface area is 77.7 Å². The molecule has 0 saturated carbocycles. The first-order valence-corrected chi connectivity index (χ1v) is 4.41. The molecule has 72 valence electrons. The van der Waals surface area contributed by atoms with Gasteiger partial charge in [-0.3, -0.25) is 0 Å². The van der Waals surface area contributed by atoms with Gasteiger partial charge in [-0.15, -0.1) is 0 Å². The van der Waals surface area contributed by atoms with Crippen LogP contribution in [-0.4, -0.2) is 13.1 Å². The van der Waals surface area contributed by atoms with Crippen LogP contribution >= 0.6 is 0 Å². The molecule has 0 radical (unpaired) electrons. The molecule has 0 unspecified atom stereocenters. The van der Waals surface area contributed by atoms with E-state index >= 15 is 0 Å². The van der Waals surface area contributed by atoms with Gasteiger partial charge in [-0.1, -0.05) is 12.1 Å². The first-order chi connectivity index (χ1) is 6.26. The average Bonchev–Trinajstić information content (AvgIpc) is 2.17. The van der Waals surface area contributed by atoms with Crippen LogP contribution in [0.2, 0.25) is 0 Å². The van der Waals surface area contributed by atoms with Crippen molar-refractivity contribution in [1.82, 2.24) is 0 Å². The molecule has 4 N–H and O–H groups in total. The van der Waals surface area contributed by atoms with Crippen LogP contribution < -0.4 is 11.5 Å². The van der Waals surface area contributed by atoms with E-state index in [1.165, 1.54) is 12.1 Å². The summed E-state index contributed by atoms with van der Waals surface area (Å²) in [7, 11) is 0. The van der Waals surface area contributed by atoms with E-state index in [1.807, 2.05) is 0 Å². The Kier molecular flexibility index (Phi) is 3.86. The molecule has 1 aromatic rings. The molecule has 0 bridgehead atoms. The van der Waals surface area contributed by atoms with E-state index in [4.69, 9.17) is 11.5 Å². The van der Waals surface area contributed by atoms with Gasteiger partial charge in [-0.05, 0) is 43.1 Å². The topological polar surface area (TPSA) is 52.0 Å². The van der Waals surface area contributed by atoms with Gasteiger partial charge in [0.25, 0.3) is 0 Å². The lowest BCUT2D eigenvalue weighted by molar-refractivity contribution is 0.547. The van der Waals surface area contributed by atoms with E-state index < -0.39 is 0 Å². The SMILES string of the molecule is NCC(CN)Cc1ccc(F)cc1. The third-order valence-corrected chi connectivity index (χ3v) is 2.10. The third-order valence-electron chi connectivity index (χ3n) is 2.10. The van der Waals surface area contributed by atoms with E-state index in [1.54, 1.807) is 12.1 Å². The molecule has 1 rings (SSSR count). The van der Waals surface area contributed by atoms with Crippen molar-refractivity contribution >= 4 is 0 Å². The number of nitrogens with two attached hydrogens (primary N) is 2. The second-order valence-electron chi connectivity index (χ2n) is 3.17. The zero-order chi connectivity index (χ0) is 9.68. The van der Waals surface area contributed by atoms with Crippen molar-refractivity contribution in [2.75, 3.05) is 13.1 Å². The largest absolute Gasteiger partial charge is 0.330 e. The fraction of sp³-hybridized carbons (Fsp3) is 0.400. The lowest BCUT2D eigenvalue weighted by atomic mass is 10.00. The zero-order valence-electron chi connectivity index (χ0n) is 7.54. The Hall–Kier alpha value is -0.930. The fourth-order valence-electron chi connectivity index (χ4n) is 1.22.